The quantitative estimate of drug-likeness (QED) is 0.0399. The number of hydrogen-bond acceptors (Lipinski definition) is 4. The predicted molar refractivity (Wildman–Crippen MR) is 161 cm³/mol. The molecule has 0 N–H and O–H groups in total. The van der Waals surface area contributed by atoms with E-state index in [4.69, 9.17) is 32.1 Å². The van der Waals surface area contributed by atoms with Crippen LogP contribution in [0.3, 0.4) is 0 Å². The maximum atomic E-state index is 5.52. The molecule has 0 bridgehead atoms. The van der Waals surface area contributed by atoms with Crippen LogP contribution in [0.25, 0.3) is 0 Å². The number of unbranched alkanes of at least 4 members (excludes halogenated alkanes) is 16. The van der Waals surface area contributed by atoms with E-state index in [1.54, 1.807) is 12.2 Å². The molecule has 0 fully saturated rings. The molecule has 0 saturated heterocycles. The standard InChI is InChI=1S/2C16H31O2.Cu.Li/c2*1-4-6-7-8-9-10-11-12-13-14-15-18-16(3)17-5-2;;/h2*1,4,16H,5-15H2,2-3H3;;/q2*-1;+2;. The number of hydrogen-bond donors (Lipinski definition) is 0. The third-order valence-corrected chi connectivity index (χ3v) is 6.04. The van der Waals surface area contributed by atoms with Crippen molar-refractivity contribution in [3.8, 4) is 0 Å². The summed E-state index contributed by atoms with van der Waals surface area (Å²) in [4.78, 5) is 0. The predicted octanol–water partition coefficient (Wildman–Crippen LogP) is 9.39. The van der Waals surface area contributed by atoms with E-state index in [9.17, 15) is 0 Å². The molecule has 0 aliphatic carbocycles. The van der Waals surface area contributed by atoms with Crippen molar-refractivity contribution < 1.29 is 36.0 Å². The van der Waals surface area contributed by atoms with Crippen LogP contribution in [0.5, 0.6) is 0 Å². The Morgan fingerprint density at radius 1 is 0.474 bits per heavy atom. The molecular weight excluding hydrogens is 519 g/mol. The van der Waals surface area contributed by atoms with Gasteiger partial charge in [0.25, 0.3) is 0 Å². The van der Waals surface area contributed by atoms with Gasteiger partial charge in [-0.2, -0.15) is 0 Å². The maximum absolute atomic E-state index is 5.52. The van der Waals surface area contributed by atoms with Gasteiger partial charge in [-0.15, -0.1) is 0 Å². The van der Waals surface area contributed by atoms with Crippen molar-refractivity contribution in [1.82, 2.24) is 0 Å². The normalized spacial score (nSPS) is 11.9. The summed E-state index contributed by atoms with van der Waals surface area (Å²) in [7, 11) is 0. The van der Waals surface area contributed by atoms with Gasteiger partial charge in [-0.1, -0.05) is 103 Å². The van der Waals surface area contributed by atoms with Crippen LogP contribution in [0, 0.1) is 13.2 Å². The molecule has 0 rings (SSSR count). The first-order valence-corrected chi connectivity index (χ1v) is 15.1. The zero-order chi connectivity index (χ0) is 27.0. The maximum Gasteiger partial charge on any atom is 2.00 e. The molecule has 226 valence electrons. The van der Waals surface area contributed by atoms with Gasteiger partial charge in [-0.3, -0.25) is 12.2 Å². The molecule has 0 heterocycles. The zero-order valence-corrected chi connectivity index (χ0v) is 26.9. The smallest absolute Gasteiger partial charge is 0.518 e. The van der Waals surface area contributed by atoms with Crippen molar-refractivity contribution >= 4 is 18.9 Å². The average Bonchev–Trinajstić information content (AvgIpc) is 2.86. The minimum Gasteiger partial charge on any atom is -0.518 e. The molecule has 0 aromatic rings. The summed E-state index contributed by atoms with van der Waals surface area (Å²) in [5, 5.41) is 0. The number of allylic oxidation sites excluding steroid dienone is 2. The molecule has 0 aromatic carbocycles. The molecule has 0 saturated carbocycles. The second-order valence-corrected chi connectivity index (χ2v) is 9.49. The Bertz CT molecular complexity index is 388. The number of rotatable bonds is 28. The van der Waals surface area contributed by atoms with Gasteiger partial charge < -0.3 is 32.1 Å². The summed E-state index contributed by atoms with van der Waals surface area (Å²) in [6.07, 6.45) is 26.4. The Balaban J connectivity index is -0.000000289. The fourth-order valence-electron chi connectivity index (χ4n) is 3.91. The van der Waals surface area contributed by atoms with Crippen LogP contribution in [0.2, 0.25) is 0 Å². The van der Waals surface area contributed by atoms with Crippen LogP contribution >= 0.6 is 0 Å². The van der Waals surface area contributed by atoms with Crippen molar-refractivity contribution in [1.29, 1.82) is 0 Å². The molecular formula is C32H62CuLiO4. The fraction of sp³-hybridized carbons (Fsp3) is 0.875. The SMILES string of the molecule is [CH-]=CCCCCCCCCCCOC(C)OCC.[CH-]=CCCCCCCCCCCOC(C)OCC.[Cu+2].[Li]. The zero-order valence-electron chi connectivity index (χ0n) is 26.0. The molecule has 38 heavy (non-hydrogen) atoms. The largest absolute Gasteiger partial charge is 2.00 e. The monoisotopic (exact) mass is 580 g/mol. The molecule has 4 nitrogen and oxygen atoms in total. The van der Waals surface area contributed by atoms with Crippen molar-refractivity contribution in [2.24, 2.45) is 0 Å². The van der Waals surface area contributed by atoms with Gasteiger partial charge in [-0.25, -0.2) is 0 Å². The minimum atomic E-state index is -0.0469. The van der Waals surface area contributed by atoms with Crippen LogP contribution in [0.4, 0.5) is 0 Å². The molecule has 0 amide bonds. The fourth-order valence-corrected chi connectivity index (χ4v) is 3.91. The first-order valence-electron chi connectivity index (χ1n) is 15.1. The van der Waals surface area contributed by atoms with Gasteiger partial charge in [0.2, 0.25) is 0 Å². The van der Waals surface area contributed by atoms with E-state index < -0.39 is 0 Å². The first-order chi connectivity index (χ1) is 17.6. The molecule has 2 radical (unpaired) electrons. The molecule has 0 aromatic heterocycles. The van der Waals surface area contributed by atoms with Gasteiger partial charge in [0.15, 0.2) is 12.6 Å². The summed E-state index contributed by atoms with van der Waals surface area (Å²) in [6.45, 7) is 21.7. The van der Waals surface area contributed by atoms with Crippen molar-refractivity contribution in [2.75, 3.05) is 26.4 Å². The van der Waals surface area contributed by atoms with Gasteiger partial charge in [0.05, 0.1) is 0 Å². The minimum absolute atomic E-state index is 0. The Hall–Kier alpha value is 0.437. The molecule has 2 unspecified atom stereocenters. The summed E-state index contributed by atoms with van der Waals surface area (Å²) < 4.78 is 21.6. The van der Waals surface area contributed by atoms with Gasteiger partial charge in [0, 0.05) is 45.3 Å². The molecule has 0 aliphatic rings. The molecule has 6 heteroatoms. The molecule has 2 atom stereocenters. The van der Waals surface area contributed by atoms with Crippen molar-refractivity contribution in [3.05, 3.63) is 25.3 Å². The van der Waals surface area contributed by atoms with Crippen molar-refractivity contribution in [3.63, 3.8) is 0 Å². The van der Waals surface area contributed by atoms with E-state index in [2.05, 4.69) is 0 Å². The van der Waals surface area contributed by atoms with Gasteiger partial charge in [0.1, 0.15) is 0 Å². The van der Waals surface area contributed by atoms with Gasteiger partial charge in [-0.05, 0) is 40.5 Å². The van der Waals surface area contributed by atoms with Crippen LogP contribution in [-0.4, -0.2) is 57.9 Å². The van der Waals surface area contributed by atoms with E-state index in [-0.39, 0.29) is 48.5 Å². The van der Waals surface area contributed by atoms with Crippen LogP contribution in [-0.2, 0) is 36.0 Å². The third-order valence-electron chi connectivity index (χ3n) is 6.04. The van der Waals surface area contributed by atoms with E-state index in [0.717, 1.165) is 52.1 Å². The summed E-state index contributed by atoms with van der Waals surface area (Å²) in [5.74, 6) is 0. The Labute approximate surface area is 261 Å². The first kappa shape index (κ1) is 45.4. The van der Waals surface area contributed by atoms with Gasteiger partial charge >= 0.3 is 17.1 Å². The van der Waals surface area contributed by atoms with Crippen LogP contribution < -0.4 is 0 Å². The van der Waals surface area contributed by atoms with Crippen LogP contribution in [0.1, 0.15) is 143 Å². The van der Waals surface area contributed by atoms with Crippen molar-refractivity contribution in [2.45, 2.75) is 156 Å². The Morgan fingerprint density at radius 2 is 0.737 bits per heavy atom. The second kappa shape index (κ2) is 41.9. The topological polar surface area (TPSA) is 36.9 Å². The van der Waals surface area contributed by atoms with E-state index in [1.807, 2.05) is 27.7 Å². The summed E-state index contributed by atoms with van der Waals surface area (Å²) >= 11 is 0. The van der Waals surface area contributed by atoms with E-state index >= 15 is 0 Å². The Morgan fingerprint density at radius 3 is 1.00 bits per heavy atom. The van der Waals surface area contributed by atoms with Crippen LogP contribution in [0.15, 0.2) is 12.2 Å². The Kier molecular flexibility index (Phi) is 50.1. The molecule has 0 aliphatic heterocycles. The molecule has 0 spiro atoms. The summed E-state index contributed by atoms with van der Waals surface area (Å²) in [5.41, 5.74) is 0. The van der Waals surface area contributed by atoms with E-state index in [0.29, 0.717) is 0 Å². The second-order valence-electron chi connectivity index (χ2n) is 9.49. The average molecular weight is 581 g/mol. The third kappa shape index (κ3) is 43.5. The number of ether oxygens (including phenoxy) is 4. The van der Waals surface area contributed by atoms with E-state index in [1.165, 1.54) is 89.9 Å². The summed E-state index contributed by atoms with van der Waals surface area (Å²) in [6, 6.07) is 0.